The van der Waals surface area contributed by atoms with Gasteiger partial charge in [0.15, 0.2) is 0 Å². The molecule has 1 heterocycles. The van der Waals surface area contributed by atoms with Gasteiger partial charge in [0.05, 0.1) is 11.4 Å². The van der Waals surface area contributed by atoms with Crippen molar-refractivity contribution in [3.05, 3.63) is 5.69 Å². The number of carbonyl (C=O) groups is 1. The van der Waals surface area contributed by atoms with Gasteiger partial charge in [-0.15, -0.1) is 0 Å². The lowest BCUT2D eigenvalue weighted by molar-refractivity contribution is -0.120. The molecule has 2 rings (SSSR count). The summed E-state index contributed by atoms with van der Waals surface area (Å²) in [7, 11) is 1.86. The van der Waals surface area contributed by atoms with E-state index in [0.29, 0.717) is 24.7 Å². The Morgan fingerprint density at radius 2 is 2.26 bits per heavy atom. The second-order valence-corrected chi connectivity index (χ2v) is 5.10. The molecule has 0 aliphatic heterocycles. The first-order chi connectivity index (χ1) is 9.11. The number of hydrogen-bond acceptors (Lipinski definition) is 4. The molecule has 6 nitrogen and oxygen atoms in total. The van der Waals surface area contributed by atoms with Crippen LogP contribution in [0.1, 0.15) is 38.3 Å². The number of hydrogen-bond donors (Lipinski definition) is 3. The van der Waals surface area contributed by atoms with Gasteiger partial charge in [0.25, 0.3) is 0 Å². The summed E-state index contributed by atoms with van der Waals surface area (Å²) in [5.74, 6) is 0.909. The van der Waals surface area contributed by atoms with Gasteiger partial charge < -0.3 is 16.4 Å². The minimum Gasteiger partial charge on any atom is -0.394 e. The number of nitrogens with zero attached hydrogens (tertiary/aromatic N) is 2. The summed E-state index contributed by atoms with van der Waals surface area (Å²) in [5.41, 5.74) is 7.68. The summed E-state index contributed by atoms with van der Waals surface area (Å²) < 4.78 is 1.75. The van der Waals surface area contributed by atoms with Gasteiger partial charge in [-0.05, 0) is 19.3 Å². The molecule has 0 saturated heterocycles. The molecule has 1 aromatic rings. The van der Waals surface area contributed by atoms with Gasteiger partial charge in [-0.25, -0.2) is 0 Å². The van der Waals surface area contributed by atoms with Gasteiger partial charge in [0, 0.05) is 26.1 Å². The van der Waals surface area contributed by atoms with Crippen LogP contribution in [0.5, 0.6) is 0 Å². The highest BCUT2D eigenvalue weighted by Gasteiger charge is 2.22. The van der Waals surface area contributed by atoms with Gasteiger partial charge in [-0.2, -0.15) is 5.10 Å². The Hall–Kier alpha value is -1.72. The number of nitrogen functional groups attached to an aromatic ring is 1. The zero-order valence-corrected chi connectivity index (χ0v) is 11.7. The number of aryl methyl sites for hydroxylation is 2. The molecule has 19 heavy (non-hydrogen) atoms. The van der Waals surface area contributed by atoms with Crippen LogP contribution in [-0.4, -0.2) is 28.3 Å². The van der Waals surface area contributed by atoms with Crippen molar-refractivity contribution < 1.29 is 4.79 Å². The second kappa shape index (κ2) is 5.95. The smallest absolute Gasteiger partial charge is 0.221 e. The Balaban J connectivity index is 1.82. The van der Waals surface area contributed by atoms with Crippen LogP contribution < -0.4 is 16.4 Å². The van der Waals surface area contributed by atoms with Crippen LogP contribution in [0.15, 0.2) is 0 Å². The van der Waals surface area contributed by atoms with Crippen molar-refractivity contribution in [3.63, 3.8) is 0 Å². The Kier molecular flexibility index (Phi) is 4.29. The lowest BCUT2D eigenvalue weighted by Crippen LogP contribution is -2.27. The summed E-state index contributed by atoms with van der Waals surface area (Å²) in [6.07, 6.45) is 4.60. The lowest BCUT2D eigenvalue weighted by Gasteiger charge is -2.08. The molecule has 0 unspecified atom stereocenters. The van der Waals surface area contributed by atoms with E-state index in [0.717, 1.165) is 37.2 Å². The molecular formula is C13H23N5O. The monoisotopic (exact) mass is 265 g/mol. The molecule has 6 heteroatoms. The quantitative estimate of drug-likeness (QED) is 0.687. The normalized spacial score (nSPS) is 14.4. The Morgan fingerprint density at radius 3 is 2.89 bits per heavy atom. The second-order valence-electron chi connectivity index (χ2n) is 5.10. The van der Waals surface area contributed by atoms with Crippen molar-refractivity contribution in [2.45, 2.75) is 45.1 Å². The molecule has 1 amide bonds. The first-order valence-electron chi connectivity index (χ1n) is 6.96. The maximum Gasteiger partial charge on any atom is 0.221 e. The fourth-order valence-corrected chi connectivity index (χ4v) is 2.05. The van der Waals surface area contributed by atoms with E-state index in [1.165, 1.54) is 0 Å². The highest BCUT2D eigenvalue weighted by Crippen LogP contribution is 2.23. The summed E-state index contributed by atoms with van der Waals surface area (Å²) in [4.78, 5) is 11.6. The van der Waals surface area contributed by atoms with Crippen LogP contribution in [0.25, 0.3) is 0 Å². The average molecular weight is 265 g/mol. The first kappa shape index (κ1) is 13.7. The SMILES string of the molecule is CCCc1nn(C)c(NCCC(=O)NC2CC2)c1N. The van der Waals surface area contributed by atoms with Gasteiger partial charge in [-0.3, -0.25) is 9.48 Å². The third kappa shape index (κ3) is 3.62. The molecule has 1 aromatic heterocycles. The van der Waals surface area contributed by atoms with Crippen LogP contribution >= 0.6 is 0 Å². The number of nitrogens with two attached hydrogens (primary N) is 1. The van der Waals surface area contributed by atoms with Gasteiger partial charge in [0.2, 0.25) is 5.91 Å². The minimum absolute atomic E-state index is 0.101. The van der Waals surface area contributed by atoms with E-state index in [1.54, 1.807) is 4.68 Å². The summed E-state index contributed by atoms with van der Waals surface area (Å²) >= 11 is 0. The molecule has 1 saturated carbocycles. The number of nitrogens with one attached hydrogen (secondary N) is 2. The molecule has 1 aliphatic carbocycles. The maximum atomic E-state index is 11.6. The Morgan fingerprint density at radius 1 is 1.53 bits per heavy atom. The van der Waals surface area contributed by atoms with Crippen LogP contribution in [0.4, 0.5) is 11.5 Å². The maximum absolute atomic E-state index is 11.6. The standard InChI is InChI=1S/C13H23N5O/c1-3-4-10-12(14)13(18(2)17-10)15-8-7-11(19)16-9-5-6-9/h9,15H,3-8,14H2,1-2H3,(H,16,19). The van der Waals surface area contributed by atoms with Crippen molar-refractivity contribution in [1.82, 2.24) is 15.1 Å². The molecule has 1 fully saturated rings. The molecule has 0 atom stereocenters. The topological polar surface area (TPSA) is 85.0 Å². The number of anilines is 2. The molecule has 0 radical (unpaired) electrons. The van der Waals surface area contributed by atoms with Crippen molar-refractivity contribution in [1.29, 1.82) is 0 Å². The van der Waals surface area contributed by atoms with E-state index in [1.807, 2.05) is 7.05 Å². The summed E-state index contributed by atoms with van der Waals surface area (Å²) in [6.45, 7) is 2.68. The molecule has 0 spiro atoms. The van der Waals surface area contributed by atoms with Crippen molar-refractivity contribution in [3.8, 4) is 0 Å². The highest BCUT2D eigenvalue weighted by molar-refractivity contribution is 5.77. The van der Waals surface area contributed by atoms with E-state index >= 15 is 0 Å². The zero-order valence-electron chi connectivity index (χ0n) is 11.7. The molecule has 4 N–H and O–H groups in total. The summed E-state index contributed by atoms with van der Waals surface area (Å²) in [6, 6.07) is 0.422. The van der Waals surface area contributed by atoms with Crippen molar-refractivity contribution >= 4 is 17.4 Å². The number of rotatable bonds is 7. The summed E-state index contributed by atoms with van der Waals surface area (Å²) in [5, 5.41) is 10.5. The van der Waals surface area contributed by atoms with E-state index in [9.17, 15) is 4.79 Å². The first-order valence-corrected chi connectivity index (χ1v) is 6.96. The zero-order chi connectivity index (χ0) is 13.8. The van der Waals surface area contributed by atoms with Crippen LogP contribution in [0.2, 0.25) is 0 Å². The third-order valence-corrected chi connectivity index (χ3v) is 3.23. The predicted molar refractivity (Wildman–Crippen MR) is 75.9 cm³/mol. The fourth-order valence-electron chi connectivity index (χ4n) is 2.05. The van der Waals surface area contributed by atoms with E-state index in [-0.39, 0.29) is 5.91 Å². The van der Waals surface area contributed by atoms with Gasteiger partial charge >= 0.3 is 0 Å². The lowest BCUT2D eigenvalue weighted by atomic mass is 10.2. The van der Waals surface area contributed by atoms with Crippen LogP contribution in [0, 0.1) is 0 Å². The Bertz CT molecular complexity index is 450. The van der Waals surface area contributed by atoms with Crippen LogP contribution in [0.3, 0.4) is 0 Å². The molecule has 0 bridgehead atoms. The van der Waals surface area contributed by atoms with Gasteiger partial charge in [0.1, 0.15) is 5.82 Å². The highest BCUT2D eigenvalue weighted by atomic mass is 16.1. The van der Waals surface area contributed by atoms with Crippen molar-refractivity contribution in [2.75, 3.05) is 17.6 Å². The largest absolute Gasteiger partial charge is 0.394 e. The minimum atomic E-state index is 0.101. The van der Waals surface area contributed by atoms with E-state index < -0.39 is 0 Å². The molecule has 0 aromatic carbocycles. The number of aromatic nitrogens is 2. The molecule has 106 valence electrons. The predicted octanol–water partition coefficient (Wildman–Crippen LogP) is 1.04. The van der Waals surface area contributed by atoms with Gasteiger partial charge in [-0.1, -0.05) is 13.3 Å². The van der Waals surface area contributed by atoms with Crippen LogP contribution in [-0.2, 0) is 18.3 Å². The van der Waals surface area contributed by atoms with E-state index in [2.05, 4.69) is 22.7 Å². The van der Waals surface area contributed by atoms with Crippen molar-refractivity contribution in [2.24, 2.45) is 7.05 Å². The molecular weight excluding hydrogens is 242 g/mol. The number of carbonyl (C=O) groups excluding carboxylic acids is 1. The molecule has 1 aliphatic rings. The Labute approximate surface area is 113 Å². The number of amides is 1. The average Bonchev–Trinajstić information content (AvgIpc) is 3.12. The van der Waals surface area contributed by atoms with E-state index in [4.69, 9.17) is 5.73 Å². The third-order valence-electron chi connectivity index (χ3n) is 3.23. The fraction of sp³-hybridized carbons (Fsp3) is 0.692.